The Morgan fingerprint density at radius 2 is 1.67 bits per heavy atom. The van der Waals surface area contributed by atoms with Crippen LogP contribution >= 0.6 is 0 Å². The van der Waals surface area contributed by atoms with E-state index in [1.165, 1.54) is 5.56 Å². The van der Waals surface area contributed by atoms with Crippen LogP contribution in [-0.2, 0) is 21.2 Å². The smallest absolute Gasteiger partial charge is 0.247 e. The molecule has 0 aliphatic carbocycles. The number of anilines is 2. The van der Waals surface area contributed by atoms with Crippen molar-refractivity contribution >= 4 is 27.3 Å². The second-order valence-electron chi connectivity index (χ2n) is 6.86. The number of nitrogens with zero attached hydrogens (tertiary/aromatic N) is 1. The molecule has 146 valence electrons. The molecule has 5 nitrogen and oxygen atoms in total. The Balaban J connectivity index is 2.16. The van der Waals surface area contributed by atoms with Gasteiger partial charge in [0, 0.05) is 5.69 Å². The summed E-state index contributed by atoms with van der Waals surface area (Å²) in [5.74, 6) is -0.373. The SMILES string of the molecule is CCCCc1ccc(NC(=O)[C@@H](C)N(c2ccc(C)cc2)S(C)(=O)=O)cc1. The minimum atomic E-state index is -3.61. The number of hydrogen-bond donors (Lipinski definition) is 1. The second-order valence-corrected chi connectivity index (χ2v) is 8.72. The lowest BCUT2D eigenvalue weighted by atomic mass is 10.1. The summed E-state index contributed by atoms with van der Waals surface area (Å²) in [6.07, 6.45) is 4.38. The maximum Gasteiger partial charge on any atom is 0.247 e. The fourth-order valence-electron chi connectivity index (χ4n) is 2.88. The van der Waals surface area contributed by atoms with Gasteiger partial charge in [-0.15, -0.1) is 0 Å². The van der Waals surface area contributed by atoms with Crippen molar-refractivity contribution in [1.29, 1.82) is 0 Å². The molecule has 2 aromatic carbocycles. The molecule has 1 atom stereocenters. The molecule has 0 aliphatic rings. The molecule has 0 bridgehead atoms. The van der Waals surface area contributed by atoms with E-state index in [0.29, 0.717) is 11.4 Å². The van der Waals surface area contributed by atoms with Gasteiger partial charge in [0.1, 0.15) is 6.04 Å². The standard InChI is InChI=1S/C21H28N2O3S/c1-5-6-7-18-10-12-19(13-11-18)22-21(24)17(3)23(27(4,25)26)20-14-8-16(2)9-15-20/h8-15,17H,5-7H2,1-4H3,(H,22,24)/t17-/m1/s1. The summed E-state index contributed by atoms with van der Waals surface area (Å²) < 4.78 is 25.8. The van der Waals surface area contributed by atoms with Crippen LogP contribution in [0.15, 0.2) is 48.5 Å². The van der Waals surface area contributed by atoms with E-state index in [-0.39, 0.29) is 5.91 Å². The zero-order valence-electron chi connectivity index (χ0n) is 16.4. The third kappa shape index (κ3) is 5.82. The van der Waals surface area contributed by atoms with Gasteiger partial charge >= 0.3 is 0 Å². The number of benzene rings is 2. The van der Waals surface area contributed by atoms with Crippen molar-refractivity contribution in [3.05, 3.63) is 59.7 Å². The summed E-state index contributed by atoms with van der Waals surface area (Å²) >= 11 is 0. The normalized spacial score (nSPS) is 12.4. The van der Waals surface area contributed by atoms with Crippen LogP contribution in [0.5, 0.6) is 0 Å². The first kappa shape index (κ1) is 21.0. The lowest BCUT2D eigenvalue weighted by molar-refractivity contribution is -0.116. The highest BCUT2D eigenvalue weighted by atomic mass is 32.2. The topological polar surface area (TPSA) is 66.5 Å². The average molecular weight is 389 g/mol. The maximum atomic E-state index is 12.7. The fraction of sp³-hybridized carbons (Fsp3) is 0.381. The van der Waals surface area contributed by atoms with Crippen LogP contribution in [0.3, 0.4) is 0 Å². The Labute approximate surface area is 162 Å². The van der Waals surface area contributed by atoms with E-state index in [0.717, 1.165) is 35.4 Å². The maximum absolute atomic E-state index is 12.7. The second kappa shape index (κ2) is 9.04. The molecular weight excluding hydrogens is 360 g/mol. The molecule has 0 radical (unpaired) electrons. The van der Waals surface area contributed by atoms with Gasteiger partial charge in [0.15, 0.2) is 0 Å². The number of unbranched alkanes of at least 4 members (excludes halogenated alkanes) is 1. The minimum Gasteiger partial charge on any atom is -0.324 e. The van der Waals surface area contributed by atoms with Crippen molar-refractivity contribution in [2.45, 2.75) is 46.1 Å². The largest absolute Gasteiger partial charge is 0.324 e. The summed E-state index contributed by atoms with van der Waals surface area (Å²) in [5.41, 5.74) is 3.37. The minimum absolute atomic E-state index is 0.373. The molecule has 0 saturated carbocycles. The molecule has 1 N–H and O–H groups in total. The molecule has 27 heavy (non-hydrogen) atoms. The Kier molecular flexibility index (Phi) is 7.02. The molecule has 2 rings (SSSR count). The molecule has 0 heterocycles. The highest BCUT2D eigenvalue weighted by molar-refractivity contribution is 7.92. The molecule has 0 spiro atoms. The predicted molar refractivity (Wildman–Crippen MR) is 112 cm³/mol. The first-order valence-electron chi connectivity index (χ1n) is 9.18. The number of aryl methyl sites for hydroxylation is 2. The van der Waals surface area contributed by atoms with Crippen molar-refractivity contribution in [1.82, 2.24) is 0 Å². The van der Waals surface area contributed by atoms with Crippen molar-refractivity contribution < 1.29 is 13.2 Å². The van der Waals surface area contributed by atoms with Gasteiger partial charge in [0.25, 0.3) is 0 Å². The zero-order chi connectivity index (χ0) is 20.0. The van der Waals surface area contributed by atoms with Crippen LogP contribution < -0.4 is 9.62 Å². The first-order valence-corrected chi connectivity index (χ1v) is 11.0. The number of carbonyl (C=O) groups excluding carboxylic acids is 1. The van der Waals surface area contributed by atoms with Crippen LogP contribution in [0.2, 0.25) is 0 Å². The third-order valence-corrected chi connectivity index (χ3v) is 5.66. The molecule has 2 aromatic rings. The van der Waals surface area contributed by atoms with Gasteiger partial charge in [-0.05, 0) is 56.5 Å². The van der Waals surface area contributed by atoms with E-state index in [1.807, 2.05) is 43.3 Å². The van der Waals surface area contributed by atoms with E-state index in [2.05, 4.69) is 12.2 Å². The number of carbonyl (C=O) groups is 1. The summed E-state index contributed by atoms with van der Waals surface area (Å²) in [7, 11) is -3.61. The average Bonchev–Trinajstić information content (AvgIpc) is 2.61. The van der Waals surface area contributed by atoms with E-state index < -0.39 is 16.1 Å². The van der Waals surface area contributed by atoms with Gasteiger partial charge in [-0.1, -0.05) is 43.2 Å². The Morgan fingerprint density at radius 3 is 2.19 bits per heavy atom. The van der Waals surface area contributed by atoms with Crippen LogP contribution in [-0.4, -0.2) is 26.6 Å². The van der Waals surface area contributed by atoms with E-state index in [9.17, 15) is 13.2 Å². The molecule has 0 unspecified atom stereocenters. The number of rotatable bonds is 8. The van der Waals surface area contributed by atoms with E-state index in [4.69, 9.17) is 0 Å². The van der Waals surface area contributed by atoms with Crippen LogP contribution in [0.25, 0.3) is 0 Å². The quantitative estimate of drug-likeness (QED) is 0.739. The van der Waals surface area contributed by atoms with Crippen LogP contribution in [0, 0.1) is 6.92 Å². The van der Waals surface area contributed by atoms with Crippen LogP contribution in [0.4, 0.5) is 11.4 Å². The predicted octanol–water partition coefficient (Wildman–Crippen LogP) is 4.13. The number of sulfonamides is 1. The van der Waals surface area contributed by atoms with E-state index >= 15 is 0 Å². The molecule has 1 amide bonds. The lowest BCUT2D eigenvalue weighted by Crippen LogP contribution is -2.45. The van der Waals surface area contributed by atoms with E-state index in [1.54, 1.807) is 19.1 Å². The van der Waals surface area contributed by atoms with Gasteiger partial charge < -0.3 is 5.32 Å². The summed E-state index contributed by atoms with van der Waals surface area (Å²) in [6, 6.07) is 13.9. The molecule has 0 aliphatic heterocycles. The van der Waals surface area contributed by atoms with Crippen molar-refractivity contribution in [3.8, 4) is 0 Å². The molecular formula is C21H28N2O3S. The molecule has 0 fully saturated rings. The highest BCUT2D eigenvalue weighted by Crippen LogP contribution is 2.22. The summed E-state index contributed by atoms with van der Waals surface area (Å²) in [4.78, 5) is 12.7. The monoisotopic (exact) mass is 388 g/mol. The molecule has 0 aromatic heterocycles. The van der Waals surface area contributed by atoms with Crippen molar-refractivity contribution in [2.75, 3.05) is 15.9 Å². The van der Waals surface area contributed by atoms with Gasteiger partial charge in [-0.25, -0.2) is 8.42 Å². The number of hydrogen-bond acceptors (Lipinski definition) is 3. The number of amides is 1. The highest BCUT2D eigenvalue weighted by Gasteiger charge is 2.29. The summed E-state index contributed by atoms with van der Waals surface area (Å²) in [5, 5.41) is 2.81. The van der Waals surface area contributed by atoms with Crippen LogP contribution in [0.1, 0.15) is 37.8 Å². The van der Waals surface area contributed by atoms with Gasteiger partial charge in [0.05, 0.1) is 11.9 Å². The van der Waals surface area contributed by atoms with Crippen molar-refractivity contribution in [2.24, 2.45) is 0 Å². The zero-order valence-corrected chi connectivity index (χ0v) is 17.2. The molecule has 0 saturated heterocycles. The lowest BCUT2D eigenvalue weighted by Gasteiger charge is -2.28. The fourth-order valence-corrected chi connectivity index (χ4v) is 4.06. The summed E-state index contributed by atoms with van der Waals surface area (Å²) in [6.45, 7) is 5.66. The Morgan fingerprint density at radius 1 is 1.07 bits per heavy atom. The van der Waals surface area contributed by atoms with Gasteiger partial charge in [-0.2, -0.15) is 0 Å². The van der Waals surface area contributed by atoms with Gasteiger partial charge in [-0.3, -0.25) is 9.10 Å². The number of nitrogens with one attached hydrogen (secondary N) is 1. The molecule has 6 heteroatoms. The first-order chi connectivity index (χ1) is 12.7. The van der Waals surface area contributed by atoms with Crippen molar-refractivity contribution in [3.63, 3.8) is 0 Å². The Hall–Kier alpha value is -2.34. The Bertz CT molecular complexity index is 859. The third-order valence-electron chi connectivity index (χ3n) is 4.42. The van der Waals surface area contributed by atoms with Gasteiger partial charge in [0.2, 0.25) is 15.9 Å².